The summed E-state index contributed by atoms with van der Waals surface area (Å²) in [7, 11) is 1.84. The maximum Gasteiger partial charge on any atom is 0.352 e. The van der Waals surface area contributed by atoms with Gasteiger partial charge in [-0.05, 0) is 37.3 Å². The van der Waals surface area contributed by atoms with E-state index in [9.17, 15) is 4.79 Å². The van der Waals surface area contributed by atoms with Gasteiger partial charge in [-0.3, -0.25) is 0 Å². The molecule has 4 aromatic rings. The predicted octanol–water partition coefficient (Wildman–Crippen LogP) is 3.87. The van der Waals surface area contributed by atoms with E-state index in [1.54, 1.807) is 23.6 Å². The third-order valence-corrected chi connectivity index (χ3v) is 5.00. The van der Waals surface area contributed by atoms with Crippen LogP contribution < -0.4 is 10.6 Å². The van der Waals surface area contributed by atoms with Crippen LogP contribution in [0.5, 0.6) is 0 Å². The average molecular weight is 380 g/mol. The quantitative estimate of drug-likeness (QED) is 0.415. The van der Waals surface area contributed by atoms with Gasteiger partial charge in [0.1, 0.15) is 11.4 Å². The van der Waals surface area contributed by atoms with Crippen molar-refractivity contribution in [1.82, 2.24) is 19.9 Å². The largest absolute Gasteiger partial charge is 0.477 e. The Labute approximate surface area is 158 Å². The highest BCUT2D eigenvalue weighted by atomic mass is 32.1. The molecule has 0 atom stereocenters. The fourth-order valence-electron chi connectivity index (χ4n) is 2.75. The number of fused-ring (bicyclic) bond motifs is 1. The summed E-state index contributed by atoms with van der Waals surface area (Å²) < 4.78 is 0. The van der Waals surface area contributed by atoms with Crippen molar-refractivity contribution < 1.29 is 9.90 Å². The Bertz CT molecular complexity index is 1150. The van der Waals surface area contributed by atoms with Crippen LogP contribution in [0.25, 0.3) is 22.3 Å². The lowest BCUT2D eigenvalue weighted by molar-refractivity contribution is 0.0691. The van der Waals surface area contributed by atoms with Crippen molar-refractivity contribution in [2.75, 3.05) is 17.7 Å². The highest BCUT2D eigenvalue weighted by Crippen LogP contribution is 2.29. The molecule has 0 saturated heterocycles. The normalized spacial score (nSPS) is 10.9. The minimum atomic E-state index is -0.990. The molecule has 0 bridgehead atoms. The zero-order chi connectivity index (χ0) is 19.0. The van der Waals surface area contributed by atoms with E-state index in [0.29, 0.717) is 5.95 Å². The van der Waals surface area contributed by atoms with Gasteiger partial charge in [0.05, 0.1) is 5.69 Å². The van der Waals surface area contributed by atoms with Crippen molar-refractivity contribution in [3.05, 3.63) is 47.1 Å². The molecule has 3 heterocycles. The van der Waals surface area contributed by atoms with Crippen LogP contribution in [0.3, 0.4) is 0 Å². The van der Waals surface area contributed by atoms with E-state index in [2.05, 4.69) is 30.6 Å². The highest BCUT2D eigenvalue weighted by molar-refractivity contribution is 7.15. The molecule has 0 radical (unpaired) electrons. The maximum atomic E-state index is 11.1. The minimum Gasteiger partial charge on any atom is -0.477 e. The van der Waals surface area contributed by atoms with Crippen molar-refractivity contribution in [2.45, 2.75) is 6.92 Å². The van der Waals surface area contributed by atoms with E-state index < -0.39 is 5.97 Å². The summed E-state index contributed by atoms with van der Waals surface area (Å²) in [4.78, 5) is 28.4. The molecule has 3 aromatic heterocycles. The van der Waals surface area contributed by atoms with Gasteiger partial charge in [-0.15, -0.1) is 11.3 Å². The molecule has 136 valence electrons. The number of thiazole rings is 1. The van der Waals surface area contributed by atoms with Crippen molar-refractivity contribution in [1.29, 1.82) is 0 Å². The van der Waals surface area contributed by atoms with Crippen LogP contribution in [0, 0.1) is 6.92 Å². The molecule has 9 heteroatoms. The summed E-state index contributed by atoms with van der Waals surface area (Å²) in [5, 5.41) is 16.9. The zero-order valence-electron chi connectivity index (χ0n) is 14.6. The topological polar surface area (TPSA) is 116 Å². The fraction of sp³-hybridized carbons (Fsp3) is 0.111. The Morgan fingerprint density at radius 2 is 2.07 bits per heavy atom. The van der Waals surface area contributed by atoms with E-state index in [4.69, 9.17) is 5.11 Å². The zero-order valence-corrected chi connectivity index (χ0v) is 15.4. The second-order valence-electron chi connectivity index (χ2n) is 5.85. The Kier molecular flexibility index (Phi) is 4.21. The van der Waals surface area contributed by atoms with Gasteiger partial charge < -0.3 is 20.7 Å². The van der Waals surface area contributed by atoms with Gasteiger partial charge in [0.25, 0.3) is 0 Å². The van der Waals surface area contributed by atoms with Crippen LogP contribution in [0.2, 0.25) is 0 Å². The SMILES string of the molecule is CNc1nc(-c2ccnc(Nc3ccc4[nH]c(C(=O)O)cc4c3)n2)c(C)s1. The summed E-state index contributed by atoms with van der Waals surface area (Å²) in [6.07, 6.45) is 1.68. The molecule has 1 aromatic carbocycles. The van der Waals surface area contributed by atoms with Gasteiger partial charge >= 0.3 is 5.97 Å². The predicted molar refractivity (Wildman–Crippen MR) is 106 cm³/mol. The van der Waals surface area contributed by atoms with Crippen LogP contribution >= 0.6 is 11.3 Å². The number of aryl methyl sites for hydroxylation is 1. The van der Waals surface area contributed by atoms with Crippen LogP contribution in [0.4, 0.5) is 16.8 Å². The van der Waals surface area contributed by atoms with Crippen LogP contribution in [-0.2, 0) is 0 Å². The molecule has 0 fully saturated rings. The first-order valence-corrected chi connectivity index (χ1v) is 8.97. The van der Waals surface area contributed by atoms with Gasteiger partial charge in [0.2, 0.25) is 5.95 Å². The first-order chi connectivity index (χ1) is 13.0. The first kappa shape index (κ1) is 17.0. The molecule has 0 aliphatic carbocycles. The molecule has 0 unspecified atom stereocenters. The molecule has 0 saturated carbocycles. The Hall–Kier alpha value is -3.46. The van der Waals surface area contributed by atoms with Crippen molar-refractivity contribution in [3.63, 3.8) is 0 Å². The highest BCUT2D eigenvalue weighted by Gasteiger charge is 2.12. The Balaban J connectivity index is 1.63. The number of benzene rings is 1. The lowest BCUT2D eigenvalue weighted by atomic mass is 10.2. The number of nitrogens with zero attached hydrogens (tertiary/aromatic N) is 3. The number of aromatic nitrogens is 4. The third-order valence-electron chi connectivity index (χ3n) is 4.02. The Morgan fingerprint density at radius 3 is 2.81 bits per heavy atom. The Morgan fingerprint density at radius 1 is 1.22 bits per heavy atom. The van der Waals surface area contributed by atoms with Crippen molar-refractivity contribution in [3.8, 4) is 11.4 Å². The standard InChI is InChI=1S/C18H16N6O2S/c1-9-15(24-18(19-2)27-9)13-5-6-20-17(23-13)21-11-3-4-12-10(7-11)8-14(22-12)16(25)26/h3-8,22H,1-2H3,(H,19,24)(H,25,26)(H,20,21,23). The number of H-pyrrole nitrogens is 1. The lowest BCUT2D eigenvalue weighted by Crippen LogP contribution is -1.98. The molecule has 8 nitrogen and oxygen atoms in total. The number of hydrogen-bond donors (Lipinski definition) is 4. The van der Waals surface area contributed by atoms with E-state index >= 15 is 0 Å². The minimum absolute atomic E-state index is 0.153. The number of rotatable bonds is 5. The van der Waals surface area contributed by atoms with Crippen LogP contribution in [0.1, 0.15) is 15.4 Å². The summed E-state index contributed by atoms with van der Waals surface area (Å²) in [5.74, 6) is -0.546. The number of carbonyl (C=O) groups is 1. The van der Waals surface area contributed by atoms with Crippen molar-refractivity contribution >= 4 is 45.0 Å². The maximum absolute atomic E-state index is 11.1. The van der Waals surface area contributed by atoms with Gasteiger partial charge in [0.15, 0.2) is 5.13 Å². The van der Waals surface area contributed by atoms with E-state index in [1.165, 1.54) is 0 Å². The van der Waals surface area contributed by atoms with Crippen molar-refractivity contribution in [2.24, 2.45) is 0 Å². The number of aromatic carboxylic acids is 1. The molecule has 0 amide bonds. The molecule has 4 N–H and O–H groups in total. The second kappa shape index (κ2) is 6.69. The molecule has 27 heavy (non-hydrogen) atoms. The van der Waals surface area contributed by atoms with Crippen LogP contribution in [0.15, 0.2) is 36.5 Å². The number of carboxylic acids is 1. The van der Waals surface area contributed by atoms with E-state index in [1.807, 2.05) is 38.2 Å². The summed E-state index contributed by atoms with van der Waals surface area (Å²) >= 11 is 1.57. The number of aromatic amines is 1. The third kappa shape index (κ3) is 3.32. The van der Waals surface area contributed by atoms with Gasteiger partial charge in [-0.1, -0.05) is 0 Å². The first-order valence-electron chi connectivity index (χ1n) is 8.15. The van der Waals surface area contributed by atoms with Gasteiger partial charge in [0, 0.05) is 34.7 Å². The number of hydrogen-bond acceptors (Lipinski definition) is 7. The molecule has 0 aliphatic heterocycles. The molecule has 0 spiro atoms. The number of carboxylic acid groups (broad SMARTS) is 1. The number of anilines is 3. The second-order valence-corrected chi connectivity index (χ2v) is 7.06. The lowest BCUT2D eigenvalue weighted by Gasteiger charge is -2.06. The monoisotopic (exact) mass is 380 g/mol. The van der Waals surface area contributed by atoms with Gasteiger partial charge in [-0.25, -0.2) is 19.7 Å². The molecular weight excluding hydrogens is 364 g/mol. The molecular formula is C18H16N6O2S. The fourth-order valence-corrected chi connectivity index (χ4v) is 3.52. The summed E-state index contributed by atoms with van der Waals surface area (Å²) in [6, 6.07) is 8.92. The molecule has 4 rings (SSSR count). The molecule has 0 aliphatic rings. The number of nitrogens with one attached hydrogen (secondary N) is 3. The van der Waals surface area contributed by atoms with Gasteiger partial charge in [-0.2, -0.15) is 0 Å². The van der Waals surface area contributed by atoms with E-state index in [-0.39, 0.29) is 5.69 Å². The van der Waals surface area contributed by atoms with Crippen LogP contribution in [-0.4, -0.2) is 38.1 Å². The smallest absolute Gasteiger partial charge is 0.352 e. The average Bonchev–Trinajstić information content (AvgIpc) is 3.25. The summed E-state index contributed by atoms with van der Waals surface area (Å²) in [6.45, 7) is 2.00. The summed E-state index contributed by atoms with van der Waals surface area (Å²) in [5.41, 5.74) is 3.23. The van der Waals surface area contributed by atoms with E-state index in [0.717, 1.165) is 38.0 Å².